The van der Waals surface area contributed by atoms with E-state index in [0.717, 1.165) is 17.7 Å². The van der Waals surface area contributed by atoms with Gasteiger partial charge in [-0.05, 0) is 69.5 Å². The number of ether oxygens (including phenoxy) is 1. The molecule has 0 bridgehead atoms. The van der Waals surface area contributed by atoms with E-state index in [4.69, 9.17) is 16.3 Å². The number of carbonyl (C=O) groups is 3. The van der Waals surface area contributed by atoms with E-state index in [1.807, 2.05) is 12.1 Å². The summed E-state index contributed by atoms with van der Waals surface area (Å²) in [7, 11) is 0. The van der Waals surface area contributed by atoms with Crippen LogP contribution in [0.15, 0.2) is 66.3 Å². The lowest BCUT2D eigenvalue weighted by Gasteiger charge is -2.33. The van der Waals surface area contributed by atoms with Crippen LogP contribution in [0.4, 0.5) is 22.4 Å². The van der Waals surface area contributed by atoms with Crippen molar-refractivity contribution in [3.05, 3.63) is 88.2 Å². The first-order chi connectivity index (χ1) is 21.3. The Bertz CT molecular complexity index is 1440. The summed E-state index contributed by atoms with van der Waals surface area (Å²) in [4.78, 5) is 48.3. The van der Waals surface area contributed by atoms with Crippen LogP contribution in [-0.2, 0) is 15.7 Å². The number of likely N-dealkylation sites (N-methyl/N-ethyl adjacent to an activating group) is 1. The van der Waals surface area contributed by atoms with Gasteiger partial charge in [-0.3, -0.25) is 14.6 Å². The summed E-state index contributed by atoms with van der Waals surface area (Å²) in [6.45, 7) is 6.09. The van der Waals surface area contributed by atoms with Crippen molar-refractivity contribution in [3.8, 4) is 0 Å². The van der Waals surface area contributed by atoms with Crippen molar-refractivity contribution in [2.24, 2.45) is 5.92 Å². The summed E-state index contributed by atoms with van der Waals surface area (Å²) in [5.41, 5.74) is -0.155. The zero-order valence-electron chi connectivity index (χ0n) is 25.2. The van der Waals surface area contributed by atoms with E-state index in [2.05, 4.69) is 4.98 Å². The van der Waals surface area contributed by atoms with Crippen molar-refractivity contribution >= 4 is 29.5 Å². The fourth-order valence-electron chi connectivity index (χ4n) is 5.76. The van der Waals surface area contributed by atoms with Crippen molar-refractivity contribution in [3.63, 3.8) is 0 Å². The average molecular weight is 651 g/mol. The van der Waals surface area contributed by atoms with Gasteiger partial charge in [0.2, 0.25) is 5.91 Å². The van der Waals surface area contributed by atoms with E-state index in [1.165, 1.54) is 28.9 Å². The second-order valence-corrected chi connectivity index (χ2v) is 11.5. The second kappa shape index (κ2) is 14.4. The molecule has 1 aromatic heterocycles. The summed E-state index contributed by atoms with van der Waals surface area (Å²) in [6.07, 6.45) is -1.22. The first-order valence-electron chi connectivity index (χ1n) is 14.7. The lowest BCUT2D eigenvalue weighted by molar-refractivity contribution is -0.138. The van der Waals surface area contributed by atoms with Crippen molar-refractivity contribution in [1.82, 2.24) is 19.7 Å². The number of nitrogens with zero attached hydrogens (tertiary/aromatic N) is 4. The summed E-state index contributed by atoms with van der Waals surface area (Å²) >= 11 is 6.11. The molecule has 3 heterocycles. The van der Waals surface area contributed by atoms with Gasteiger partial charge in [0.25, 0.3) is 5.91 Å². The molecule has 2 unspecified atom stereocenters. The topological polar surface area (TPSA) is 83.0 Å². The molecule has 2 atom stereocenters. The third kappa shape index (κ3) is 8.02. The lowest BCUT2D eigenvalue weighted by Crippen LogP contribution is -2.46. The van der Waals surface area contributed by atoms with Gasteiger partial charge in [0, 0.05) is 55.8 Å². The van der Waals surface area contributed by atoms with Gasteiger partial charge < -0.3 is 19.4 Å². The van der Waals surface area contributed by atoms with E-state index < -0.39 is 35.6 Å². The maximum absolute atomic E-state index is 14.3. The molecule has 1 aromatic carbocycles. The monoisotopic (exact) mass is 650 g/mol. The Morgan fingerprint density at radius 2 is 1.73 bits per heavy atom. The van der Waals surface area contributed by atoms with E-state index >= 15 is 0 Å². The number of halogens is 5. The molecule has 2 fully saturated rings. The number of rotatable bonds is 7. The van der Waals surface area contributed by atoms with Crippen molar-refractivity contribution in [2.45, 2.75) is 51.7 Å². The highest BCUT2D eigenvalue weighted by molar-refractivity contribution is 6.30. The molecule has 8 nitrogen and oxygen atoms in total. The summed E-state index contributed by atoms with van der Waals surface area (Å²) < 4.78 is 58.2. The third-order valence-electron chi connectivity index (χ3n) is 8.21. The molecule has 2 aromatic rings. The van der Waals surface area contributed by atoms with Crippen LogP contribution in [0.2, 0.25) is 5.02 Å². The smallest absolute Gasteiger partial charge is 0.412 e. The largest absolute Gasteiger partial charge is 0.417 e. The van der Waals surface area contributed by atoms with E-state index in [-0.39, 0.29) is 55.4 Å². The molecule has 2 aliphatic rings. The quantitative estimate of drug-likeness (QED) is 0.186. The van der Waals surface area contributed by atoms with Crippen LogP contribution in [0.1, 0.15) is 61.1 Å². The average Bonchev–Trinajstić information content (AvgIpc) is 3.45. The van der Waals surface area contributed by atoms with Crippen LogP contribution in [0, 0.1) is 5.92 Å². The van der Waals surface area contributed by atoms with Gasteiger partial charge in [-0.2, -0.15) is 13.2 Å². The van der Waals surface area contributed by atoms with E-state index in [0.29, 0.717) is 30.6 Å². The number of benzene rings is 1. The predicted molar refractivity (Wildman–Crippen MR) is 160 cm³/mol. The number of piperidine rings is 1. The van der Waals surface area contributed by atoms with E-state index in [9.17, 15) is 31.9 Å². The number of allylic oxidation sites excluding steroid dienone is 4. The number of pyridine rings is 1. The van der Waals surface area contributed by atoms with Crippen LogP contribution >= 0.6 is 11.6 Å². The van der Waals surface area contributed by atoms with Gasteiger partial charge in [0.1, 0.15) is 11.5 Å². The molecule has 4 rings (SSSR count). The molecule has 0 radical (unpaired) electrons. The summed E-state index contributed by atoms with van der Waals surface area (Å²) in [5, 5.41) is 0.543. The Morgan fingerprint density at radius 1 is 1.07 bits per heavy atom. The van der Waals surface area contributed by atoms with Crippen molar-refractivity contribution < 1.29 is 36.7 Å². The Labute approximate surface area is 264 Å². The Hall–Kier alpha value is -3.93. The predicted octanol–water partition coefficient (Wildman–Crippen LogP) is 6.84. The highest BCUT2D eigenvalue weighted by Gasteiger charge is 2.43. The maximum atomic E-state index is 14.3. The highest BCUT2D eigenvalue weighted by Crippen LogP contribution is 2.35. The zero-order chi connectivity index (χ0) is 32.9. The first-order valence-corrected chi connectivity index (χ1v) is 15.1. The normalized spacial score (nSPS) is 19.9. The molecule has 0 aliphatic carbocycles. The lowest BCUT2D eigenvalue weighted by atomic mass is 9.93. The van der Waals surface area contributed by atoms with Crippen molar-refractivity contribution in [1.29, 1.82) is 0 Å². The number of carbonyl (C=O) groups excluding carboxylic acids is 3. The van der Waals surface area contributed by atoms with Gasteiger partial charge in [0.05, 0.1) is 11.6 Å². The molecule has 45 heavy (non-hydrogen) atoms. The van der Waals surface area contributed by atoms with Crippen LogP contribution < -0.4 is 0 Å². The standard InChI is InChI=1S/C32H35ClF4N4O4/c1-4-6-26(34)20(3)45-31(44)41(5-2)28-19-40(18-25(28)21-7-10-24(33)11-8-21)29(42)22-13-15-39(16-14-22)30(43)27-12-9-23(17-38-27)32(35,36)37/h4,6-12,17,22,25,28H,5,13-16,18-19H2,1-3H3. The SMILES string of the molecule is CC=CC(F)=C(C)OC(=O)N(CC)C1CN(C(=O)C2CCN(C(=O)c3ccc(C(F)(F)F)cn3)CC2)CC1c1ccc(Cl)cc1. The molecular weight excluding hydrogens is 616 g/mol. The Kier molecular flexibility index (Phi) is 10.9. The van der Waals surface area contributed by atoms with Crippen LogP contribution in [0.25, 0.3) is 0 Å². The number of hydrogen-bond acceptors (Lipinski definition) is 5. The maximum Gasteiger partial charge on any atom is 0.417 e. The fourth-order valence-corrected chi connectivity index (χ4v) is 5.88. The first kappa shape index (κ1) is 34.0. The molecule has 2 saturated heterocycles. The molecular formula is C32H35ClF4N4O4. The molecule has 2 aliphatic heterocycles. The number of likely N-dealkylation sites (tertiary alicyclic amines) is 2. The highest BCUT2D eigenvalue weighted by atomic mass is 35.5. The summed E-state index contributed by atoms with van der Waals surface area (Å²) in [6, 6.07) is 8.60. The minimum atomic E-state index is -4.55. The number of alkyl halides is 3. The number of aromatic nitrogens is 1. The van der Waals surface area contributed by atoms with E-state index in [1.54, 1.807) is 30.9 Å². The zero-order valence-corrected chi connectivity index (χ0v) is 25.9. The molecule has 3 amide bonds. The Balaban J connectivity index is 1.46. The second-order valence-electron chi connectivity index (χ2n) is 11.0. The van der Waals surface area contributed by atoms with Crippen LogP contribution in [-0.4, -0.2) is 76.4 Å². The van der Waals surface area contributed by atoms with Gasteiger partial charge in [0.15, 0.2) is 5.83 Å². The molecule has 242 valence electrons. The molecule has 0 spiro atoms. The fraction of sp³-hybridized carbons (Fsp3) is 0.438. The van der Waals surface area contributed by atoms with Gasteiger partial charge >= 0.3 is 12.3 Å². The number of amides is 3. The van der Waals surface area contributed by atoms with Crippen LogP contribution in [0.5, 0.6) is 0 Å². The van der Waals surface area contributed by atoms with Gasteiger partial charge in [-0.1, -0.05) is 29.8 Å². The van der Waals surface area contributed by atoms with Crippen molar-refractivity contribution in [2.75, 3.05) is 32.7 Å². The molecule has 0 saturated carbocycles. The molecule has 13 heteroatoms. The molecule has 0 N–H and O–H groups in total. The van der Waals surface area contributed by atoms with Gasteiger partial charge in [-0.15, -0.1) is 0 Å². The Morgan fingerprint density at radius 3 is 2.29 bits per heavy atom. The third-order valence-corrected chi connectivity index (χ3v) is 8.46. The van der Waals surface area contributed by atoms with Crippen LogP contribution in [0.3, 0.4) is 0 Å². The van der Waals surface area contributed by atoms with Gasteiger partial charge in [-0.25, -0.2) is 9.18 Å². The minimum Gasteiger partial charge on any atom is -0.412 e. The summed E-state index contributed by atoms with van der Waals surface area (Å²) in [5.74, 6) is -2.10. The number of hydrogen-bond donors (Lipinski definition) is 0. The minimum absolute atomic E-state index is 0.0943.